The lowest BCUT2D eigenvalue weighted by Crippen LogP contribution is -1.82. The summed E-state index contributed by atoms with van der Waals surface area (Å²) in [5.41, 5.74) is 0. The van der Waals surface area contributed by atoms with Crippen LogP contribution >= 0.6 is 24.2 Å². The third-order valence-corrected chi connectivity index (χ3v) is 1.59. The Balaban J connectivity index is 3.31. The quantitative estimate of drug-likeness (QED) is 0.461. The summed E-state index contributed by atoms with van der Waals surface area (Å²) in [5.74, 6) is -1.57. The summed E-state index contributed by atoms with van der Waals surface area (Å²) >= 11 is 8.90. The summed E-state index contributed by atoms with van der Waals surface area (Å²) in [5, 5.41) is -0.488. The Morgan fingerprint density at radius 3 is 2.00 bits per heavy atom. The SMILES string of the molecule is Fc1cc(S)cc(F)c1Cl. The molecule has 0 atom stereocenters. The Hall–Kier alpha value is -0.280. The first-order chi connectivity index (χ1) is 4.61. The van der Waals surface area contributed by atoms with Crippen LogP contribution < -0.4 is 0 Å². The van der Waals surface area contributed by atoms with Gasteiger partial charge in [-0.3, -0.25) is 0 Å². The maximum atomic E-state index is 12.4. The van der Waals surface area contributed by atoms with Gasteiger partial charge in [-0.2, -0.15) is 0 Å². The molecule has 0 nitrogen and oxygen atoms in total. The summed E-state index contributed by atoms with van der Waals surface area (Å²) in [4.78, 5) is 0.222. The van der Waals surface area contributed by atoms with Crippen LogP contribution in [0.3, 0.4) is 0 Å². The topological polar surface area (TPSA) is 0 Å². The minimum Gasteiger partial charge on any atom is -0.205 e. The summed E-state index contributed by atoms with van der Waals surface area (Å²) in [7, 11) is 0. The van der Waals surface area contributed by atoms with Crippen LogP contribution in [-0.4, -0.2) is 0 Å². The van der Waals surface area contributed by atoms with Gasteiger partial charge >= 0.3 is 0 Å². The van der Waals surface area contributed by atoms with Crippen molar-refractivity contribution in [2.45, 2.75) is 4.90 Å². The molecular weight excluding hydrogens is 178 g/mol. The Morgan fingerprint density at radius 1 is 1.20 bits per heavy atom. The van der Waals surface area contributed by atoms with Crippen LogP contribution in [0.15, 0.2) is 17.0 Å². The van der Waals surface area contributed by atoms with Gasteiger partial charge in [0, 0.05) is 4.90 Å². The molecule has 0 aliphatic carbocycles. The molecule has 0 saturated heterocycles. The molecule has 0 bridgehead atoms. The van der Waals surface area contributed by atoms with Crippen molar-refractivity contribution in [1.29, 1.82) is 0 Å². The van der Waals surface area contributed by atoms with Crippen molar-refractivity contribution in [2.75, 3.05) is 0 Å². The van der Waals surface area contributed by atoms with Crippen molar-refractivity contribution >= 4 is 24.2 Å². The van der Waals surface area contributed by atoms with Crippen molar-refractivity contribution in [3.8, 4) is 0 Å². The van der Waals surface area contributed by atoms with Gasteiger partial charge in [-0.05, 0) is 12.1 Å². The molecular formula is C6H3ClF2S. The maximum Gasteiger partial charge on any atom is 0.145 e. The van der Waals surface area contributed by atoms with E-state index in [1.807, 2.05) is 0 Å². The number of hydrogen-bond acceptors (Lipinski definition) is 1. The molecule has 10 heavy (non-hydrogen) atoms. The van der Waals surface area contributed by atoms with E-state index in [2.05, 4.69) is 12.6 Å². The van der Waals surface area contributed by atoms with Gasteiger partial charge in [0.2, 0.25) is 0 Å². The van der Waals surface area contributed by atoms with E-state index < -0.39 is 16.7 Å². The lowest BCUT2D eigenvalue weighted by molar-refractivity contribution is 0.578. The predicted molar refractivity (Wildman–Crippen MR) is 38.6 cm³/mol. The second-order valence-corrected chi connectivity index (χ2v) is 2.62. The van der Waals surface area contributed by atoms with E-state index in [0.29, 0.717) is 0 Å². The predicted octanol–water partition coefficient (Wildman–Crippen LogP) is 2.91. The number of halogens is 3. The van der Waals surface area contributed by atoms with E-state index in [4.69, 9.17) is 11.6 Å². The molecule has 0 unspecified atom stereocenters. The normalized spacial score (nSPS) is 10.0. The van der Waals surface area contributed by atoms with Crippen LogP contribution in [0.1, 0.15) is 0 Å². The van der Waals surface area contributed by atoms with Gasteiger partial charge < -0.3 is 0 Å². The van der Waals surface area contributed by atoms with Gasteiger partial charge in [-0.15, -0.1) is 12.6 Å². The molecule has 1 aromatic rings. The van der Waals surface area contributed by atoms with Crippen LogP contribution in [0.4, 0.5) is 8.78 Å². The number of hydrogen-bond donors (Lipinski definition) is 1. The van der Waals surface area contributed by atoms with E-state index in [1.54, 1.807) is 0 Å². The molecule has 54 valence electrons. The molecule has 0 aromatic heterocycles. The Labute approximate surface area is 67.2 Å². The molecule has 0 aliphatic heterocycles. The zero-order chi connectivity index (χ0) is 7.72. The fourth-order valence-electron chi connectivity index (χ4n) is 0.542. The summed E-state index contributed by atoms with van der Waals surface area (Å²) in [6, 6.07) is 2.10. The highest BCUT2D eigenvalue weighted by molar-refractivity contribution is 7.80. The highest BCUT2D eigenvalue weighted by atomic mass is 35.5. The Kier molecular flexibility index (Phi) is 2.16. The molecule has 0 heterocycles. The first-order valence-electron chi connectivity index (χ1n) is 2.45. The molecule has 0 saturated carbocycles. The van der Waals surface area contributed by atoms with Crippen molar-refractivity contribution in [1.82, 2.24) is 0 Å². The molecule has 4 heteroatoms. The fraction of sp³-hybridized carbons (Fsp3) is 0. The van der Waals surface area contributed by atoms with E-state index >= 15 is 0 Å². The van der Waals surface area contributed by atoms with Gasteiger partial charge in [0.05, 0.1) is 0 Å². The van der Waals surface area contributed by atoms with Crippen molar-refractivity contribution < 1.29 is 8.78 Å². The standard InChI is InChI=1S/C6H3ClF2S/c7-6-4(8)1-3(10)2-5(6)9/h1-2,10H. The van der Waals surface area contributed by atoms with E-state index in [0.717, 1.165) is 12.1 Å². The third kappa shape index (κ3) is 1.41. The molecule has 0 aliphatic rings. The van der Waals surface area contributed by atoms with Crippen LogP contribution in [0.2, 0.25) is 5.02 Å². The lowest BCUT2D eigenvalue weighted by Gasteiger charge is -1.96. The van der Waals surface area contributed by atoms with Gasteiger partial charge in [-0.25, -0.2) is 8.78 Å². The van der Waals surface area contributed by atoms with Crippen molar-refractivity contribution in [2.24, 2.45) is 0 Å². The second-order valence-electron chi connectivity index (χ2n) is 1.72. The number of rotatable bonds is 0. The van der Waals surface area contributed by atoms with Gasteiger partial charge in [0.1, 0.15) is 16.7 Å². The van der Waals surface area contributed by atoms with Crippen molar-refractivity contribution in [3.05, 3.63) is 28.8 Å². The van der Waals surface area contributed by atoms with Crippen molar-refractivity contribution in [3.63, 3.8) is 0 Å². The zero-order valence-electron chi connectivity index (χ0n) is 4.74. The van der Waals surface area contributed by atoms with Crippen LogP contribution in [-0.2, 0) is 0 Å². The van der Waals surface area contributed by atoms with E-state index in [1.165, 1.54) is 0 Å². The van der Waals surface area contributed by atoms with E-state index in [-0.39, 0.29) is 4.90 Å². The largest absolute Gasteiger partial charge is 0.205 e. The number of thiol groups is 1. The molecule has 0 radical (unpaired) electrons. The Morgan fingerprint density at radius 2 is 1.60 bits per heavy atom. The van der Waals surface area contributed by atoms with Crippen LogP contribution in [0.25, 0.3) is 0 Å². The molecule has 1 rings (SSSR count). The minimum atomic E-state index is -0.785. The molecule has 1 aromatic carbocycles. The van der Waals surface area contributed by atoms with Crippen LogP contribution in [0.5, 0.6) is 0 Å². The highest BCUT2D eigenvalue weighted by Gasteiger charge is 2.05. The molecule has 0 N–H and O–H groups in total. The van der Waals surface area contributed by atoms with Gasteiger partial charge in [0.25, 0.3) is 0 Å². The zero-order valence-corrected chi connectivity index (χ0v) is 6.39. The lowest BCUT2D eigenvalue weighted by atomic mass is 10.3. The first kappa shape index (κ1) is 7.82. The second kappa shape index (κ2) is 2.76. The minimum absolute atomic E-state index is 0.222. The smallest absolute Gasteiger partial charge is 0.145 e. The Bertz CT molecular complexity index is 239. The highest BCUT2D eigenvalue weighted by Crippen LogP contribution is 2.21. The van der Waals surface area contributed by atoms with Gasteiger partial charge in [-0.1, -0.05) is 11.6 Å². The average molecular weight is 181 g/mol. The number of benzene rings is 1. The summed E-state index contributed by atoms with van der Waals surface area (Å²) in [6.07, 6.45) is 0. The first-order valence-corrected chi connectivity index (χ1v) is 3.27. The summed E-state index contributed by atoms with van der Waals surface area (Å²) < 4.78 is 24.8. The molecule has 0 spiro atoms. The van der Waals surface area contributed by atoms with Gasteiger partial charge in [0.15, 0.2) is 0 Å². The average Bonchev–Trinajstić information content (AvgIpc) is 1.82. The third-order valence-electron chi connectivity index (χ3n) is 0.969. The van der Waals surface area contributed by atoms with Crippen LogP contribution in [0, 0.1) is 11.6 Å². The summed E-state index contributed by atoms with van der Waals surface area (Å²) in [6.45, 7) is 0. The van der Waals surface area contributed by atoms with E-state index in [9.17, 15) is 8.78 Å². The molecule has 0 amide bonds. The molecule has 0 fully saturated rings. The fourth-order valence-corrected chi connectivity index (χ4v) is 0.878. The monoisotopic (exact) mass is 180 g/mol. The maximum absolute atomic E-state index is 12.4.